The van der Waals surface area contributed by atoms with Crippen LogP contribution in [0.25, 0.3) is 16.9 Å². The van der Waals surface area contributed by atoms with Gasteiger partial charge in [0.1, 0.15) is 5.69 Å². The minimum absolute atomic E-state index is 0.263. The fraction of sp³-hybridized carbons (Fsp3) is 0.190. The molecule has 0 saturated carbocycles. The molecule has 0 spiro atoms. The van der Waals surface area contributed by atoms with Gasteiger partial charge in [-0.1, -0.05) is 61.9 Å². The van der Waals surface area contributed by atoms with Crippen LogP contribution < -0.4 is 5.43 Å². The van der Waals surface area contributed by atoms with Crippen LogP contribution in [-0.2, 0) is 0 Å². The van der Waals surface area contributed by atoms with Gasteiger partial charge in [0.05, 0.1) is 11.3 Å². The largest absolute Gasteiger partial charge is 0.275 e. The molecule has 1 N–H and O–H groups in total. The summed E-state index contributed by atoms with van der Waals surface area (Å²) in [7, 11) is 0. The van der Waals surface area contributed by atoms with Crippen molar-refractivity contribution >= 4 is 11.6 Å². The second kappa shape index (κ2) is 8.25. The number of aromatic nitrogens is 2. The zero-order valence-electron chi connectivity index (χ0n) is 15.0. The van der Waals surface area contributed by atoms with Gasteiger partial charge in [0.25, 0.3) is 5.91 Å². The Morgan fingerprint density at radius 2 is 1.73 bits per heavy atom. The zero-order chi connectivity index (χ0) is 18.4. The predicted molar refractivity (Wildman–Crippen MR) is 104 cm³/mol. The number of carbonyl (C=O) groups is 1. The van der Waals surface area contributed by atoms with Gasteiger partial charge in [0, 0.05) is 17.5 Å². The van der Waals surface area contributed by atoms with Crippen LogP contribution in [0, 0.1) is 0 Å². The van der Waals surface area contributed by atoms with Crippen LogP contribution in [0.5, 0.6) is 0 Å². The minimum Gasteiger partial charge on any atom is -0.267 e. The minimum atomic E-state index is -0.263. The molecule has 26 heavy (non-hydrogen) atoms. The highest BCUT2D eigenvalue weighted by atomic mass is 16.2. The van der Waals surface area contributed by atoms with E-state index in [9.17, 15) is 4.79 Å². The fourth-order valence-corrected chi connectivity index (χ4v) is 2.69. The summed E-state index contributed by atoms with van der Waals surface area (Å²) in [5, 5.41) is 8.83. The van der Waals surface area contributed by atoms with E-state index in [1.807, 2.05) is 67.6 Å². The van der Waals surface area contributed by atoms with Crippen LogP contribution in [-0.4, -0.2) is 21.4 Å². The Kier molecular flexibility index (Phi) is 5.59. The molecule has 1 amide bonds. The molecule has 0 bridgehead atoms. The average Bonchev–Trinajstić information content (AvgIpc) is 3.13. The first-order valence-electron chi connectivity index (χ1n) is 8.73. The van der Waals surface area contributed by atoms with Crippen LogP contribution in [0.4, 0.5) is 0 Å². The summed E-state index contributed by atoms with van der Waals surface area (Å²) in [5.41, 5.74) is 6.47. The smallest absolute Gasteiger partial charge is 0.267 e. The number of nitrogens with one attached hydrogen (secondary N) is 1. The van der Waals surface area contributed by atoms with Crippen LogP contribution in [0.3, 0.4) is 0 Å². The quantitative estimate of drug-likeness (QED) is 0.530. The van der Waals surface area contributed by atoms with Gasteiger partial charge < -0.3 is 0 Å². The van der Waals surface area contributed by atoms with Gasteiger partial charge in [-0.25, -0.2) is 10.1 Å². The van der Waals surface area contributed by atoms with Crippen molar-refractivity contribution < 1.29 is 4.79 Å². The van der Waals surface area contributed by atoms with Gasteiger partial charge in [-0.3, -0.25) is 4.79 Å². The highest BCUT2D eigenvalue weighted by molar-refractivity contribution is 6.00. The molecule has 3 rings (SSSR count). The van der Waals surface area contributed by atoms with E-state index in [1.165, 1.54) is 0 Å². The highest BCUT2D eigenvalue weighted by Crippen LogP contribution is 2.23. The maximum atomic E-state index is 12.7. The van der Waals surface area contributed by atoms with E-state index in [0.29, 0.717) is 11.3 Å². The van der Waals surface area contributed by atoms with Crippen molar-refractivity contribution in [1.82, 2.24) is 15.2 Å². The van der Waals surface area contributed by atoms with E-state index in [-0.39, 0.29) is 5.91 Å². The number of hydrogen-bond donors (Lipinski definition) is 1. The van der Waals surface area contributed by atoms with Crippen molar-refractivity contribution in [2.75, 3.05) is 0 Å². The summed E-state index contributed by atoms with van der Waals surface area (Å²) in [5.74, 6) is -0.263. The molecular weight excluding hydrogens is 324 g/mol. The summed E-state index contributed by atoms with van der Waals surface area (Å²) >= 11 is 0. The van der Waals surface area contributed by atoms with Crippen molar-refractivity contribution in [2.24, 2.45) is 5.10 Å². The lowest BCUT2D eigenvalue weighted by Crippen LogP contribution is -2.19. The second-order valence-electron chi connectivity index (χ2n) is 6.08. The first-order chi connectivity index (χ1) is 12.7. The molecule has 5 nitrogen and oxygen atoms in total. The maximum Gasteiger partial charge on any atom is 0.275 e. The standard InChI is InChI=1S/C21H22N4O/c1-3-10-16(2)22-23-21(26)19-15-25(18-13-8-5-9-14-18)24-20(19)17-11-6-4-7-12-17/h4-9,11-15H,3,10H2,1-2H3,(H,23,26)/b22-16-. The first-order valence-corrected chi connectivity index (χ1v) is 8.73. The van der Waals surface area contributed by atoms with E-state index >= 15 is 0 Å². The van der Waals surface area contributed by atoms with E-state index in [2.05, 4.69) is 22.5 Å². The lowest BCUT2D eigenvalue weighted by molar-refractivity contribution is 0.0955. The number of para-hydroxylation sites is 1. The third kappa shape index (κ3) is 4.06. The molecule has 2 aromatic carbocycles. The monoisotopic (exact) mass is 346 g/mol. The Hall–Kier alpha value is -3.21. The van der Waals surface area contributed by atoms with E-state index in [4.69, 9.17) is 0 Å². The Morgan fingerprint density at radius 1 is 1.08 bits per heavy atom. The Labute approximate surface area is 153 Å². The number of hydrogen-bond acceptors (Lipinski definition) is 3. The van der Waals surface area contributed by atoms with Gasteiger partial charge in [-0.05, 0) is 25.5 Å². The summed E-state index contributed by atoms with van der Waals surface area (Å²) < 4.78 is 1.72. The highest BCUT2D eigenvalue weighted by Gasteiger charge is 2.18. The predicted octanol–water partition coefficient (Wildman–Crippen LogP) is 4.45. The van der Waals surface area contributed by atoms with Crippen LogP contribution >= 0.6 is 0 Å². The number of carbonyl (C=O) groups excluding carboxylic acids is 1. The zero-order valence-corrected chi connectivity index (χ0v) is 15.0. The molecule has 1 aromatic heterocycles. The van der Waals surface area contributed by atoms with Crippen molar-refractivity contribution in [1.29, 1.82) is 0 Å². The summed E-state index contributed by atoms with van der Waals surface area (Å²) in [6.07, 6.45) is 3.60. The Balaban J connectivity index is 1.98. The first kappa shape index (κ1) is 17.6. The fourth-order valence-electron chi connectivity index (χ4n) is 2.69. The lowest BCUT2D eigenvalue weighted by atomic mass is 10.1. The SMILES string of the molecule is CCC/C(C)=N\NC(=O)c1cn(-c2ccccc2)nc1-c1ccccc1. The number of nitrogens with zero attached hydrogens (tertiary/aromatic N) is 3. The summed E-state index contributed by atoms with van der Waals surface area (Å²) in [6, 6.07) is 19.4. The molecule has 0 saturated heterocycles. The average molecular weight is 346 g/mol. The van der Waals surface area contributed by atoms with E-state index in [0.717, 1.165) is 29.8 Å². The van der Waals surface area contributed by atoms with Crippen molar-refractivity contribution in [3.8, 4) is 16.9 Å². The molecule has 0 radical (unpaired) electrons. The number of rotatable bonds is 6. The molecule has 132 valence electrons. The van der Waals surface area contributed by atoms with Crippen molar-refractivity contribution in [3.63, 3.8) is 0 Å². The number of hydrazone groups is 1. The molecule has 0 fully saturated rings. The number of amides is 1. The van der Waals surface area contributed by atoms with Crippen molar-refractivity contribution in [2.45, 2.75) is 26.7 Å². The molecule has 3 aromatic rings. The maximum absolute atomic E-state index is 12.7. The van der Waals surface area contributed by atoms with E-state index < -0.39 is 0 Å². The molecule has 0 aliphatic heterocycles. The molecule has 5 heteroatoms. The van der Waals surface area contributed by atoms with Crippen LogP contribution in [0.2, 0.25) is 0 Å². The molecule has 1 heterocycles. The Morgan fingerprint density at radius 3 is 2.38 bits per heavy atom. The Bertz CT molecular complexity index is 898. The van der Waals surface area contributed by atoms with Gasteiger partial charge >= 0.3 is 0 Å². The van der Waals surface area contributed by atoms with Crippen molar-refractivity contribution in [3.05, 3.63) is 72.4 Å². The molecule has 0 atom stereocenters. The lowest BCUT2D eigenvalue weighted by Gasteiger charge is -2.02. The normalized spacial score (nSPS) is 11.4. The topological polar surface area (TPSA) is 59.3 Å². The van der Waals surface area contributed by atoms with Crippen LogP contribution in [0.15, 0.2) is 72.0 Å². The van der Waals surface area contributed by atoms with Crippen LogP contribution in [0.1, 0.15) is 37.0 Å². The third-order valence-corrected chi connectivity index (χ3v) is 3.99. The molecule has 0 aliphatic rings. The summed E-state index contributed by atoms with van der Waals surface area (Å²) in [6.45, 7) is 3.99. The van der Waals surface area contributed by atoms with Gasteiger partial charge in [0.2, 0.25) is 0 Å². The summed E-state index contributed by atoms with van der Waals surface area (Å²) in [4.78, 5) is 12.7. The number of benzene rings is 2. The third-order valence-electron chi connectivity index (χ3n) is 3.99. The van der Waals surface area contributed by atoms with E-state index in [1.54, 1.807) is 10.9 Å². The van der Waals surface area contributed by atoms with Gasteiger partial charge in [0.15, 0.2) is 0 Å². The molecular formula is C21H22N4O. The molecule has 0 aliphatic carbocycles. The van der Waals surface area contributed by atoms with Gasteiger partial charge in [-0.15, -0.1) is 0 Å². The second-order valence-corrected chi connectivity index (χ2v) is 6.08. The molecule has 0 unspecified atom stereocenters. The van der Waals surface area contributed by atoms with Gasteiger partial charge in [-0.2, -0.15) is 10.2 Å².